The summed E-state index contributed by atoms with van der Waals surface area (Å²) in [4.78, 5) is 30.1. The smallest absolute Gasteiger partial charge is 0.420 e. The maximum Gasteiger partial charge on any atom is 0.420 e. The van der Waals surface area contributed by atoms with E-state index in [1.165, 1.54) is 12.1 Å². The number of ether oxygens (including phenoxy) is 1. The van der Waals surface area contributed by atoms with Crippen LogP contribution in [-0.4, -0.2) is 55.6 Å². The van der Waals surface area contributed by atoms with Gasteiger partial charge in [0.25, 0.3) is 5.91 Å². The Balaban J connectivity index is 1.51. The zero-order chi connectivity index (χ0) is 29.6. The van der Waals surface area contributed by atoms with Gasteiger partial charge in [-0.05, 0) is 55.1 Å². The fourth-order valence-electron chi connectivity index (χ4n) is 4.26. The molecule has 0 unspecified atom stereocenters. The van der Waals surface area contributed by atoms with E-state index >= 15 is 0 Å². The van der Waals surface area contributed by atoms with Crippen molar-refractivity contribution in [1.82, 2.24) is 10.2 Å². The van der Waals surface area contributed by atoms with E-state index in [0.29, 0.717) is 43.0 Å². The minimum absolute atomic E-state index is 0.101. The van der Waals surface area contributed by atoms with Crippen molar-refractivity contribution >= 4 is 35.3 Å². The number of hydrogen-bond donors (Lipinski definition) is 2. The van der Waals surface area contributed by atoms with Crippen molar-refractivity contribution in [3.63, 3.8) is 0 Å². The van der Waals surface area contributed by atoms with Gasteiger partial charge in [0, 0.05) is 36.5 Å². The first-order valence-electron chi connectivity index (χ1n) is 12.8. The number of halogens is 3. The molecule has 0 radical (unpaired) electrons. The lowest BCUT2D eigenvalue weighted by Crippen LogP contribution is -2.40. The van der Waals surface area contributed by atoms with E-state index < -0.39 is 17.6 Å². The largest absolute Gasteiger partial charge is 0.459 e. The van der Waals surface area contributed by atoms with E-state index in [1.54, 1.807) is 54.3 Å². The Morgan fingerprint density at radius 2 is 1.80 bits per heavy atom. The van der Waals surface area contributed by atoms with Crippen molar-refractivity contribution in [1.29, 1.82) is 5.41 Å². The molecule has 1 fully saturated rings. The predicted octanol–water partition coefficient (Wildman–Crippen LogP) is 5.78. The number of hydrogen-bond acceptors (Lipinski definition) is 5. The van der Waals surface area contributed by atoms with Gasteiger partial charge in [0.1, 0.15) is 17.2 Å². The van der Waals surface area contributed by atoms with Gasteiger partial charge < -0.3 is 19.4 Å². The molecule has 1 saturated heterocycles. The summed E-state index contributed by atoms with van der Waals surface area (Å²) in [5.74, 6) is -0.351. The number of carbonyl (C=O) groups is 2. The molecule has 1 aromatic heterocycles. The Morgan fingerprint density at radius 1 is 1.10 bits per heavy atom. The molecule has 11 heteroatoms. The third-order valence-corrected chi connectivity index (χ3v) is 6.48. The number of furan rings is 1. The zero-order valence-electron chi connectivity index (χ0n) is 22.4. The fraction of sp³-hybridized carbons (Fsp3) is 0.267. The third kappa shape index (κ3) is 7.57. The number of rotatable bonds is 8. The number of nitrogens with zero attached hydrogens (tertiary/aromatic N) is 2. The number of amides is 2. The molecule has 2 aromatic carbocycles. The van der Waals surface area contributed by atoms with Crippen LogP contribution < -0.4 is 5.32 Å². The van der Waals surface area contributed by atoms with Gasteiger partial charge in [-0.25, -0.2) is 4.99 Å². The molecule has 2 heterocycles. The van der Waals surface area contributed by atoms with Crippen molar-refractivity contribution in [2.45, 2.75) is 26.1 Å². The molecule has 2 amide bonds. The van der Waals surface area contributed by atoms with Gasteiger partial charge in [-0.3, -0.25) is 15.0 Å². The molecule has 41 heavy (non-hydrogen) atoms. The van der Waals surface area contributed by atoms with Crippen LogP contribution in [0, 0.1) is 5.41 Å². The van der Waals surface area contributed by atoms with Crippen molar-refractivity contribution in [3.8, 4) is 11.1 Å². The first kappa shape index (κ1) is 29.5. The highest BCUT2D eigenvalue weighted by Crippen LogP contribution is 2.39. The molecule has 8 nitrogen and oxygen atoms in total. The SMILES string of the molecule is C=NC(=N)CC=C(C)/C=C/C(=O)NCc1cc2cc(-c3ccc(C(=O)N4CCOCC4)cc3)cc(C(F)(F)F)c2o1. The number of carbonyl (C=O) groups excluding carboxylic acids is 2. The van der Waals surface area contributed by atoms with Gasteiger partial charge in [0.05, 0.1) is 25.3 Å². The van der Waals surface area contributed by atoms with Crippen molar-refractivity contribution in [2.75, 3.05) is 26.3 Å². The Bertz CT molecular complexity index is 1510. The second-order valence-corrected chi connectivity index (χ2v) is 9.44. The molecule has 0 spiro atoms. The number of alkyl halides is 3. The Kier molecular flexibility index (Phi) is 9.18. The molecule has 0 atom stereocenters. The number of allylic oxidation sites excluding steroid dienone is 2. The van der Waals surface area contributed by atoms with E-state index in [-0.39, 0.29) is 41.4 Å². The van der Waals surface area contributed by atoms with Gasteiger partial charge >= 0.3 is 6.18 Å². The molecule has 214 valence electrons. The van der Waals surface area contributed by atoms with E-state index in [9.17, 15) is 22.8 Å². The normalized spacial score (nSPS) is 14.4. The summed E-state index contributed by atoms with van der Waals surface area (Å²) in [6.45, 7) is 6.83. The first-order chi connectivity index (χ1) is 19.5. The topological polar surface area (TPSA) is 108 Å². The summed E-state index contributed by atoms with van der Waals surface area (Å²) in [5, 5.41) is 10.3. The highest BCUT2D eigenvalue weighted by Gasteiger charge is 2.35. The number of morpholine rings is 1. The molecular weight excluding hydrogens is 537 g/mol. The standard InChI is InChI=1S/C30H29F3N4O4/c1-19(3-9-26(34)35-2)4-10-27(38)36-18-24-16-23-15-22(17-25(28(23)41-24)30(31,32)33)20-5-7-21(8-6-20)29(39)37-11-13-40-14-12-37/h3-8,10,15-17,34H,2,9,11-14,18H2,1H3,(H,36,38)/b10-4+,19-3?,34-26?. The summed E-state index contributed by atoms with van der Waals surface area (Å²) >= 11 is 0. The van der Waals surface area contributed by atoms with Crippen LogP contribution in [-0.2, 0) is 22.3 Å². The molecular formula is C30H29F3N4O4. The van der Waals surface area contributed by atoms with E-state index in [2.05, 4.69) is 17.0 Å². The Labute approximate surface area is 234 Å². The van der Waals surface area contributed by atoms with Gasteiger partial charge in [-0.2, -0.15) is 13.2 Å². The predicted molar refractivity (Wildman–Crippen MR) is 150 cm³/mol. The number of benzene rings is 2. The van der Waals surface area contributed by atoms with Crippen LogP contribution in [0.1, 0.15) is 35.0 Å². The molecule has 0 aliphatic carbocycles. The van der Waals surface area contributed by atoms with Gasteiger partial charge in [-0.15, -0.1) is 0 Å². The summed E-state index contributed by atoms with van der Waals surface area (Å²) in [7, 11) is 0. The highest BCUT2D eigenvalue weighted by molar-refractivity contribution is 5.95. The van der Waals surface area contributed by atoms with Crippen LogP contribution in [0.2, 0.25) is 0 Å². The third-order valence-electron chi connectivity index (χ3n) is 6.48. The lowest BCUT2D eigenvalue weighted by Gasteiger charge is -2.26. The van der Waals surface area contributed by atoms with Crippen molar-refractivity contribution in [2.24, 2.45) is 4.99 Å². The van der Waals surface area contributed by atoms with Crippen LogP contribution in [0.3, 0.4) is 0 Å². The van der Waals surface area contributed by atoms with Crippen molar-refractivity contribution in [3.05, 3.63) is 83.2 Å². The molecule has 0 saturated carbocycles. The molecule has 1 aliphatic rings. The molecule has 0 bridgehead atoms. The minimum atomic E-state index is -4.68. The van der Waals surface area contributed by atoms with Gasteiger partial charge in [0.15, 0.2) is 0 Å². The molecule has 1 aliphatic heterocycles. The van der Waals surface area contributed by atoms with E-state index in [1.807, 2.05) is 0 Å². The monoisotopic (exact) mass is 566 g/mol. The summed E-state index contributed by atoms with van der Waals surface area (Å²) in [6, 6.07) is 10.5. The Hall–Kier alpha value is -4.51. The lowest BCUT2D eigenvalue weighted by atomic mass is 9.99. The second-order valence-electron chi connectivity index (χ2n) is 9.44. The number of nitrogens with one attached hydrogen (secondary N) is 2. The molecule has 2 N–H and O–H groups in total. The summed E-state index contributed by atoms with van der Waals surface area (Å²) < 4.78 is 52.8. The van der Waals surface area contributed by atoms with Crippen LogP contribution in [0.5, 0.6) is 0 Å². The Morgan fingerprint density at radius 3 is 2.46 bits per heavy atom. The maximum absolute atomic E-state index is 14.0. The average Bonchev–Trinajstić information content (AvgIpc) is 3.39. The van der Waals surface area contributed by atoms with Crippen LogP contribution in [0.25, 0.3) is 22.1 Å². The number of aliphatic imine (C=N–C) groups is 1. The van der Waals surface area contributed by atoms with E-state index in [0.717, 1.165) is 11.6 Å². The van der Waals surface area contributed by atoms with Crippen molar-refractivity contribution < 1.29 is 31.9 Å². The van der Waals surface area contributed by atoms with Crippen LogP contribution >= 0.6 is 0 Å². The quantitative estimate of drug-likeness (QED) is 0.156. The number of amidine groups is 1. The molecule has 3 aromatic rings. The summed E-state index contributed by atoms with van der Waals surface area (Å²) in [6.07, 6.45) is 0.152. The number of fused-ring (bicyclic) bond motifs is 1. The van der Waals surface area contributed by atoms with Crippen LogP contribution in [0.4, 0.5) is 13.2 Å². The van der Waals surface area contributed by atoms with E-state index in [4.69, 9.17) is 14.6 Å². The fourth-order valence-corrected chi connectivity index (χ4v) is 4.26. The maximum atomic E-state index is 14.0. The zero-order valence-corrected chi connectivity index (χ0v) is 22.4. The lowest BCUT2D eigenvalue weighted by molar-refractivity contribution is -0.136. The minimum Gasteiger partial charge on any atom is -0.459 e. The highest BCUT2D eigenvalue weighted by atomic mass is 19.4. The van der Waals surface area contributed by atoms with Gasteiger partial charge in [0.2, 0.25) is 5.91 Å². The van der Waals surface area contributed by atoms with Crippen LogP contribution in [0.15, 0.2) is 75.7 Å². The first-order valence-corrected chi connectivity index (χ1v) is 12.8. The average molecular weight is 567 g/mol. The summed E-state index contributed by atoms with van der Waals surface area (Å²) in [5.41, 5.74) is 0.754. The second kappa shape index (κ2) is 12.8. The molecule has 4 rings (SSSR count). The van der Waals surface area contributed by atoms with Gasteiger partial charge in [-0.1, -0.05) is 29.9 Å².